The monoisotopic (exact) mass is 284 g/mol. The van der Waals surface area contributed by atoms with E-state index in [1.54, 1.807) is 6.07 Å². The minimum absolute atomic E-state index is 0.250. The molecule has 0 radical (unpaired) electrons. The van der Waals surface area contributed by atoms with E-state index in [0.29, 0.717) is 13.0 Å². The molecule has 0 aliphatic carbocycles. The Kier molecular flexibility index (Phi) is 3.74. The first-order chi connectivity index (χ1) is 8.88. The van der Waals surface area contributed by atoms with Crippen LogP contribution in [0.2, 0.25) is 0 Å². The Morgan fingerprint density at radius 1 is 1.21 bits per heavy atom. The van der Waals surface area contributed by atoms with Gasteiger partial charge in [0.05, 0.1) is 11.0 Å². The first-order valence-corrected chi connectivity index (χ1v) is 7.20. The quantitative estimate of drug-likeness (QED) is 0.709. The van der Waals surface area contributed by atoms with E-state index in [4.69, 9.17) is 0 Å². The topological polar surface area (TPSA) is 98.1 Å². The molecule has 0 aliphatic rings. The SMILES string of the molecule is CN(C)S(=O)(=O)NCCc1ccc2[nH]c(=O)[nH]c2c1. The highest BCUT2D eigenvalue weighted by Crippen LogP contribution is 2.10. The van der Waals surface area contributed by atoms with E-state index in [-0.39, 0.29) is 5.69 Å². The first-order valence-electron chi connectivity index (χ1n) is 5.76. The van der Waals surface area contributed by atoms with Gasteiger partial charge in [0.2, 0.25) is 0 Å². The summed E-state index contributed by atoms with van der Waals surface area (Å²) in [5.41, 5.74) is 2.16. The molecule has 0 amide bonds. The molecule has 0 unspecified atom stereocenters. The van der Waals surface area contributed by atoms with Crippen molar-refractivity contribution in [3.63, 3.8) is 0 Å². The van der Waals surface area contributed by atoms with Crippen molar-refractivity contribution in [2.75, 3.05) is 20.6 Å². The summed E-state index contributed by atoms with van der Waals surface area (Å²) in [7, 11) is -0.445. The highest BCUT2D eigenvalue weighted by molar-refractivity contribution is 7.87. The maximum absolute atomic E-state index is 11.5. The molecule has 2 aromatic rings. The van der Waals surface area contributed by atoms with Crippen molar-refractivity contribution in [2.45, 2.75) is 6.42 Å². The predicted molar refractivity (Wildman–Crippen MR) is 73.2 cm³/mol. The summed E-state index contributed by atoms with van der Waals surface area (Å²) >= 11 is 0. The van der Waals surface area contributed by atoms with Crippen LogP contribution in [0, 0.1) is 0 Å². The summed E-state index contributed by atoms with van der Waals surface area (Å²) in [5, 5.41) is 0. The van der Waals surface area contributed by atoms with Gasteiger partial charge in [-0.25, -0.2) is 9.52 Å². The third-order valence-electron chi connectivity index (χ3n) is 2.76. The number of hydrogen-bond donors (Lipinski definition) is 3. The van der Waals surface area contributed by atoms with Crippen LogP contribution in [-0.4, -0.2) is 43.3 Å². The second-order valence-electron chi connectivity index (χ2n) is 4.39. The molecule has 19 heavy (non-hydrogen) atoms. The molecular weight excluding hydrogens is 268 g/mol. The highest BCUT2D eigenvalue weighted by atomic mass is 32.2. The van der Waals surface area contributed by atoms with Gasteiger partial charge in [0, 0.05) is 20.6 Å². The van der Waals surface area contributed by atoms with E-state index < -0.39 is 10.2 Å². The molecule has 0 saturated carbocycles. The summed E-state index contributed by atoms with van der Waals surface area (Å²) in [6.07, 6.45) is 0.552. The van der Waals surface area contributed by atoms with Crippen molar-refractivity contribution < 1.29 is 8.42 Å². The number of aromatic nitrogens is 2. The van der Waals surface area contributed by atoms with Crippen molar-refractivity contribution >= 4 is 21.2 Å². The molecule has 3 N–H and O–H groups in total. The van der Waals surface area contributed by atoms with E-state index in [9.17, 15) is 13.2 Å². The number of nitrogens with one attached hydrogen (secondary N) is 3. The van der Waals surface area contributed by atoms with Gasteiger partial charge in [-0.3, -0.25) is 0 Å². The minimum atomic E-state index is -3.39. The van der Waals surface area contributed by atoms with Crippen molar-refractivity contribution in [3.8, 4) is 0 Å². The Hall–Kier alpha value is -1.64. The highest BCUT2D eigenvalue weighted by Gasteiger charge is 2.11. The van der Waals surface area contributed by atoms with Gasteiger partial charge < -0.3 is 9.97 Å². The van der Waals surface area contributed by atoms with E-state index in [0.717, 1.165) is 20.9 Å². The van der Waals surface area contributed by atoms with Gasteiger partial charge in [0.15, 0.2) is 0 Å². The van der Waals surface area contributed by atoms with Crippen LogP contribution in [0.15, 0.2) is 23.0 Å². The van der Waals surface area contributed by atoms with E-state index in [1.807, 2.05) is 12.1 Å². The third-order valence-corrected chi connectivity index (χ3v) is 4.29. The van der Waals surface area contributed by atoms with E-state index >= 15 is 0 Å². The number of benzene rings is 1. The van der Waals surface area contributed by atoms with Crippen molar-refractivity contribution in [3.05, 3.63) is 34.2 Å². The number of rotatable bonds is 5. The number of H-pyrrole nitrogens is 2. The summed E-state index contributed by atoms with van der Waals surface area (Å²) in [5.74, 6) is 0. The fourth-order valence-electron chi connectivity index (χ4n) is 1.69. The van der Waals surface area contributed by atoms with Crippen LogP contribution in [0.3, 0.4) is 0 Å². The Bertz CT molecular complexity index is 730. The molecule has 0 bridgehead atoms. The van der Waals surface area contributed by atoms with Gasteiger partial charge in [-0.15, -0.1) is 0 Å². The van der Waals surface area contributed by atoms with Gasteiger partial charge in [-0.05, 0) is 24.1 Å². The third kappa shape index (κ3) is 3.22. The molecule has 1 aromatic heterocycles. The average Bonchev–Trinajstić information content (AvgIpc) is 2.68. The Morgan fingerprint density at radius 3 is 2.58 bits per heavy atom. The largest absolute Gasteiger partial charge is 0.323 e. The molecule has 0 saturated heterocycles. The summed E-state index contributed by atoms with van der Waals surface area (Å²) in [6.45, 7) is 0.306. The molecule has 0 atom stereocenters. The van der Waals surface area contributed by atoms with Crippen LogP contribution in [0.1, 0.15) is 5.56 Å². The zero-order valence-electron chi connectivity index (χ0n) is 10.7. The lowest BCUT2D eigenvalue weighted by Gasteiger charge is -2.12. The van der Waals surface area contributed by atoms with E-state index in [1.165, 1.54) is 14.1 Å². The normalized spacial score (nSPS) is 12.4. The summed E-state index contributed by atoms with van der Waals surface area (Å²) < 4.78 is 26.6. The van der Waals surface area contributed by atoms with E-state index in [2.05, 4.69) is 14.7 Å². The smallest absolute Gasteiger partial charge is 0.306 e. The predicted octanol–water partition coefficient (Wildman–Crippen LogP) is -0.205. The summed E-state index contributed by atoms with van der Waals surface area (Å²) in [4.78, 5) is 16.4. The van der Waals surface area contributed by atoms with Crippen LogP contribution in [-0.2, 0) is 16.6 Å². The van der Waals surface area contributed by atoms with Crippen molar-refractivity contribution in [1.29, 1.82) is 0 Å². The zero-order valence-corrected chi connectivity index (χ0v) is 11.5. The maximum atomic E-state index is 11.5. The molecule has 104 valence electrons. The lowest BCUT2D eigenvalue weighted by Crippen LogP contribution is -2.36. The van der Waals surface area contributed by atoms with Gasteiger partial charge in [-0.2, -0.15) is 12.7 Å². The second-order valence-corrected chi connectivity index (χ2v) is 6.36. The molecule has 1 aromatic carbocycles. The number of imidazole rings is 1. The molecule has 0 aliphatic heterocycles. The van der Waals surface area contributed by atoms with Crippen molar-refractivity contribution in [2.24, 2.45) is 0 Å². The van der Waals surface area contributed by atoms with Crippen molar-refractivity contribution in [1.82, 2.24) is 19.0 Å². The van der Waals surface area contributed by atoms with Crippen LogP contribution in [0.4, 0.5) is 0 Å². The molecule has 8 heteroatoms. The fourth-order valence-corrected chi connectivity index (χ4v) is 2.31. The standard InChI is InChI=1S/C11H16N4O3S/c1-15(2)19(17,18)12-6-5-8-3-4-9-10(7-8)14-11(16)13-9/h3-4,7,12H,5-6H2,1-2H3,(H2,13,14,16). The number of aromatic amines is 2. The lowest BCUT2D eigenvalue weighted by molar-refractivity contribution is 0.506. The molecular formula is C11H16N4O3S. The van der Waals surface area contributed by atoms with Crippen LogP contribution in [0.5, 0.6) is 0 Å². The average molecular weight is 284 g/mol. The molecule has 0 fully saturated rings. The Labute approximate surface area is 110 Å². The minimum Gasteiger partial charge on any atom is -0.306 e. The van der Waals surface area contributed by atoms with Crippen LogP contribution in [0.25, 0.3) is 11.0 Å². The molecule has 1 heterocycles. The summed E-state index contributed by atoms with van der Waals surface area (Å²) in [6, 6.07) is 5.48. The lowest BCUT2D eigenvalue weighted by atomic mass is 10.1. The number of nitrogens with zero attached hydrogens (tertiary/aromatic N) is 1. The Balaban J connectivity index is 2.04. The van der Waals surface area contributed by atoms with Crippen LogP contribution >= 0.6 is 0 Å². The van der Waals surface area contributed by atoms with Gasteiger partial charge >= 0.3 is 5.69 Å². The number of hydrogen-bond acceptors (Lipinski definition) is 3. The Morgan fingerprint density at radius 2 is 1.89 bits per heavy atom. The van der Waals surface area contributed by atoms with Gasteiger partial charge in [0.1, 0.15) is 0 Å². The van der Waals surface area contributed by atoms with Gasteiger partial charge in [0.25, 0.3) is 10.2 Å². The molecule has 2 rings (SSSR count). The van der Waals surface area contributed by atoms with Gasteiger partial charge in [-0.1, -0.05) is 6.07 Å². The zero-order chi connectivity index (χ0) is 14.0. The number of fused-ring (bicyclic) bond motifs is 1. The van der Waals surface area contributed by atoms with Crippen LogP contribution < -0.4 is 10.4 Å². The first kappa shape index (κ1) is 13.8. The second kappa shape index (κ2) is 5.16. The molecule has 7 nitrogen and oxygen atoms in total. The molecule has 0 spiro atoms. The maximum Gasteiger partial charge on any atom is 0.323 e. The fraction of sp³-hybridized carbons (Fsp3) is 0.364.